The Balaban J connectivity index is 1.67. The molecule has 0 aliphatic rings. The molecule has 0 saturated heterocycles. The molecule has 1 atom stereocenters. The topological polar surface area (TPSA) is 72.6 Å². The minimum atomic E-state index is -0.871. The first-order chi connectivity index (χ1) is 14.0. The van der Waals surface area contributed by atoms with Crippen LogP contribution in [0.3, 0.4) is 0 Å². The van der Waals surface area contributed by atoms with E-state index >= 15 is 0 Å². The summed E-state index contributed by atoms with van der Waals surface area (Å²) in [5, 5.41) is 9.05. The van der Waals surface area contributed by atoms with Crippen LogP contribution in [0.15, 0.2) is 52.9 Å². The van der Waals surface area contributed by atoms with Crippen molar-refractivity contribution >= 4 is 5.97 Å². The summed E-state index contributed by atoms with van der Waals surface area (Å²) in [6.07, 6.45) is -0.0268. The molecule has 3 aromatic rings. The average molecular weight is 389 g/mol. The molecule has 1 heterocycles. The second-order valence-electron chi connectivity index (χ2n) is 6.79. The van der Waals surface area contributed by atoms with Crippen molar-refractivity contribution in [3.05, 3.63) is 71.1 Å². The van der Waals surface area contributed by atoms with E-state index in [1.165, 1.54) is 5.56 Å². The van der Waals surface area contributed by atoms with Crippen molar-refractivity contribution in [2.24, 2.45) is 0 Å². The number of rotatable bonds is 7. The van der Waals surface area contributed by atoms with Gasteiger partial charge in [-0.2, -0.15) is 0 Å². The van der Waals surface area contributed by atoms with Gasteiger partial charge in [-0.05, 0) is 50.6 Å². The highest BCUT2D eigenvalue weighted by atomic mass is 16.5. The lowest BCUT2D eigenvalue weighted by Gasteiger charge is -2.10. The highest BCUT2D eigenvalue weighted by molar-refractivity contribution is 5.69. The summed E-state index contributed by atoms with van der Waals surface area (Å²) < 4.78 is 11.6. The minimum Gasteiger partial charge on any atom is -0.487 e. The number of aryl methyl sites for hydroxylation is 2. The molecule has 3 rings (SSSR count). The Morgan fingerprint density at radius 1 is 1.14 bits per heavy atom. The lowest BCUT2D eigenvalue weighted by molar-refractivity contribution is -0.137. The summed E-state index contributed by atoms with van der Waals surface area (Å²) in [5.74, 6) is 6.50. The number of oxazole rings is 1. The zero-order valence-electron chi connectivity index (χ0n) is 16.7. The van der Waals surface area contributed by atoms with Crippen molar-refractivity contribution in [1.29, 1.82) is 0 Å². The molecule has 148 valence electrons. The summed E-state index contributed by atoms with van der Waals surface area (Å²) in [6, 6.07) is 15.3. The van der Waals surface area contributed by atoms with Crippen molar-refractivity contribution in [3.8, 4) is 29.0 Å². The van der Waals surface area contributed by atoms with Crippen molar-refractivity contribution in [2.75, 3.05) is 0 Å². The molecule has 0 aliphatic heterocycles. The summed E-state index contributed by atoms with van der Waals surface area (Å²) in [5.41, 5.74) is 3.70. The Morgan fingerprint density at radius 2 is 1.83 bits per heavy atom. The van der Waals surface area contributed by atoms with Crippen molar-refractivity contribution in [3.63, 3.8) is 0 Å². The molecule has 5 heteroatoms. The summed E-state index contributed by atoms with van der Waals surface area (Å²) in [6.45, 7) is 5.89. The smallest absolute Gasteiger partial charge is 0.304 e. The largest absolute Gasteiger partial charge is 0.487 e. The minimum absolute atomic E-state index is 0.0268. The van der Waals surface area contributed by atoms with Gasteiger partial charge in [0.2, 0.25) is 5.89 Å². The van der Waals surface area contributed by atoms with Crippen molar-refractivity contribution in [2.45, 2.75) is 39.7 Å². The normalized spacial score (nSPS) is 11.4. The molecular weight excluding hydrogens is 366 g/mol. The maximum absolute atomic E-state index is 11.0. The van der Waals surface area contributed by atoms with E-state index in [9.17, 15) is 4.79 Å². The molecule has 0 radical (unpaired) electrons. The van der Waals surface area contributed by atoms with Crippen LogP contribution in [0.2, 0.25) is 0 Å². The standard InChI is InChI=1S/C24H23NO4/c1-4-5-20(14-23(26)27)18-10-12-21(13-11-18)28-15-22-17(3)29-24(25-22)19-8-6-16(2)7-9-19/h6-13,20H,14-15H2,1-3H3,(H,26,27). The lowest BCUT2D eigenvalue weighted by atomic mass is 9.96. The highest BCUT2D eigenvalue weighted by Gasteiger charge is 2.14. The van der Waals surface area contributed by atoms with Crippen molar-refractivity contribution < 1.29 is 19.1 Å². The Kier molecular flexibility index (Phi) is 6.36. The van der Waals surface area contributed by atoms with Crippen LogP contribution in [0.1, 0.15) is 41.8 Å². The van der Waals surface area contributed by atoms with Gasteiger partial charge in [0.15, 0.2) is 0 Å². The number of benzene rings is 2. The van der Waals surface area contributed by atoms with E-state index in [2.05, 4.69) is 16.8 Å². The fraction of sp³-hybridized carbons (Fsp3) is 0.250. The van der Waals surface area contributed by atoms with Gasteiger partial charge in [0.05, 0.1) is 12.3 Å². The predicted octanol–water partition coefficient (Wildman–Crippen LogP) is 5.12. The molecule has 1 unspecified atom stereocenters. The summed E-state index contributed by atoms with van der Waals surface area (Å²) in [7, 11) is 0. The zero-order chi connectivity index (χ0) is 20.8. The summed E-state index contributed by atoms with van der Waals surface area (Å²) in [4.78, 5) is 15.6. The van der Waals surface area contributed by atoms with Gasteiger partial charge in [-0.1, -0.05) is 35.7 Å². The van der Waals surface area contributed by atoms with E-state index < -0.39 is 5.97 Å². The number of carbonyl (C=O) groups is 1. The SMILES string of the molecule is CC#CC(CC(=O)O)c1ccc(OCc2nc(-c3ccc(C)cc3)oc2C)cc1. The first-order valence-corrected chi connectivity index (χ1v) is 9.36. The number of carboxylic acids is 1. The number of hydrogen-bond donors (Lipinski definition) is 1. The fourth-order valence-corrected chi connectivity index (χ4v) is 2.93. The number of aliphatic carboxylic acids is 1. The Labute approximate surface area is 170 Å². The van der Waals surface area contributed by atoms with Gasteiger partial charge in [-0.3, -0.25) is 4.79 Å². The van der Waals surface area contributed by atoms with E-state index in [1.807, 2.05) is 62.4 Å². The quantitative estimate of drug-likeness (QED) is 0.568. The monoisotopic (exact) mass is 389 g/mol. The third kappa shape index (κ3) is 5.26. The number of ether oxygens (including phenoxy) is 1. The maximum Gasteiger partial charge on any atom is 0.304 e. The highest BCUT2D eigenvalue weighted by Crippen LogP contribution is 2.25. The van der Waals surface area contributed by atoms with Crippen LogP contribution in [0, 0.1) is 25.7 Å². The first kappa shape index (κ1) is 20.2. The van der Waals surface area contributed by atoms with E-state index in [0.717, 1.165) is 22.6 Å². The molecule has 29 heavy (non-hydrogen) atoms. The van der Waals surface area contributed by atoms with Crippen LogP contribution in [0.25, 0.3) is 11.5 Å². The van der Waals surface area contributed by atoms with Crippen LogP contribution in [0.5, 0.6) is 5.75 Å². The third-order valence-electron chi connectivity index (χ3n) is 4.55. The van der Waals surface area contributed by atoms with Gasteiger partial charge in [-0.25, -0.2) is 4.98 Å². The molecule has 5 nitrogen and oxygen atoms in total. The Hall–Kier alpha value is -3.52. The number of aromatic nitrogens is 1. The second-order valence-corrected chi connectivity index (χ2v) is 6.79. The third-order valence-corrected chi connectivity index (χ3v) is 4.55. The van der Waals surface area contributed by atoms with E-state index in [4.69, 9.17) is 14.3 Å². The van der Waals surface area contributed by atoms with E-state index in [0.29, 0.717) is 11.6 Å². The van der Waals surface area contributed by atoms with E-state index in [-0.39, 0.29) is 18.9 Å². The first-order valence-electron chi connectivity index (χ1n) is 9.36. The van der Waals surface area contributed by atoms with E-state index in [1.54, 1.807) is 6.92 Å². The van der Waals surface area contributed by atoms with Gasteiger partial charge >= 0.3 is 5.97 Å². The molecule has 1 aromatic heterocycles. The maximum atomic E-state index is 11.0. The van der Waals surface area contributed by atoms with Gasteiger partial charge in [0.25, 0.3) is 0 Å². The lowest BCUT2D eigenvalue weighted by Crippen LogP contribution is -2.04. The molecule has 0 bridgehead atoms. The van der Waals surface area contributed by atoms with Crippen LogP contribution in [-0.2, 0) is 11.4 Å². The molecule has 0 saturated carbocycles. The number of hydrogen-bond acceptors (Lipinski definition) is 4. The Morgan fingerprint density at radius 3 is 2.45 bits per heavy atom. The number of carboxylic acid groups (broad SMARTS) is 1. The van der Waals surface area contributed by atoms with Crippen LogP contribution in [-0.4, -0.2) is 16.1 Å². The average Bonchev–Trinajstić information content (AvgIpc) is 3.07. The molecule has 0 aliphatic carbocycles. The predicted molar refractivity (Wildman–Crippen MR) is 111 cm³/mol. The van der Waals surface area contributed by atoms with Crippen LogP contribution >= 0.6 is 0 Å². The zero-order valence-corrected chi connectivity index (χ0v) is 16.7. The molecular formula is C24H23NO4. The van der Waals surface area contributed by atoms with Crippen LogP contribution in [0.4, 0.5) is 0 Å². The van der Waals surface area contributed by atoms with Gasteiger partial charge in [0.1, 0.15) is 23.8 Å². The van der Waals surface area contributed by atoms with Gasteiger partial charge in [0, 0.05) is 5.56 Å². The van der Waals surface area contributed by atoms with Gasteiger partial charge in [-0.15, -0.1) is 5.92 Å². The molecule has 1 N–H and O–H groups in total. The van der Waals surface area contributed by atoms with Crippen LogP contribution < -0.4 is 4.74 Å². The summed E-state index contributed by atoms with van der Waals surface area (Å²) >= 11 is 0. The molecule has 0 fully saturated rings. The molecule has 0 spiro atoms. The number of nitrogens with zero attached hydrogens (tertiary/aromatic N) is 1. The van der Waals surface area contributed by atoms with Gasteiger partial charge < -0.3 is 14.3 Å². The molecule has 0 amide bonds. The fourth-order valence-electron chi connectivity index (χ4n) is 2.93. The Bertz CT molecular complexity index is 1040. The molecule has 2 aromatic carbocycles. The van der Waals surface area contributed by atoms with Crippen molar-refractivity contribution in [1.82, 2.24) is 4.98 Å². The second kappa shape index (κ2) is 9.11.